The molecule has 1 aliphatic rings. The van der Waals surface area contributed by atoms with Crippen LogP contribution in [0.5, 0.6) is 0 Å². The lowest BCUT2D eigenvalue weighted by Gasteiger charge is -2.19. The van der Waals surface area contributed by atoms with E-state index in [1.54, 1.807) is 12.3 Å². The van der Waals surface area contributed by atoms with E-state index in [4.69, 9.17) is 0 Å². The molecule has 0 saturated heterocycles. The number of alkyl halides is 3. The maximum atomic E-state index is 13.2. The number of hydrogen-bond acceptors (Lipinski definition) is 5. The molecule has 27 heavy (non-hydrogen) atoms. The number of halogens is 4. The Hall–Kier alpha value is -2.20. The van der Waals surface area contributed by atoms with Gasteiger partial charge in [0.1, 0.15) is 10.4 Å². The third kappa shape index (κ3) is 3.27. The Morgan fingerprint density at radius 1 is 1.33 bits per heavy atom. The first-order chi connectivity index (χ1) is 12.8. The zero-order valence-electron chi connectivity index (χ0n) is 13.9. The van der Waals surface area contributed by atoms with Gasteiger partial charge in [0.2, 0.25) is 0 Å². The Balaban J connectivity index is 1.69. The minimum atomic E-state index is -4.57. The Morgan fingerprint density at radius 2 is 2.15 bits per heavy atom. The van der Waals surface area contributed by atoms with E-state index in [-0.39, 0.29) is 24.0 Å². The maximum absolute atomic E-state index is 13.2. The fraction of sp³-hybridized carbons (Fsp3) is 0.353. The number of aromatic nitrogens is 4. The minimum Gasteiger partial charge on any atom is -0.396 e. The summed E-state index contributed by atoms with van der Waals surface area (Å²) in [5.41, 5.74) is -0.527. The molecule has 0 radical (unpaired) electrons. The van der Waals surface area contributed by atoms with Gasteiger partial charge in [0, 0.05) is 42.6 Å². The summed E-state index contributed by atoms with van der Waals surface area (Å²) in [6.45, 7) is 0.314. The average molecular weight is 442 g/mol. The van der Waals surface area contributed by atoms with Gasteiger partial charge < -0.3 is 10.4 Å². The molecule has 0 spiro atoms. The van der Waals surface area contributed by atoms with Crippen molar-refractivity contribution in [3.05, 3.63) is 52.5 Å². The summed E-state index contributed by atoms with van der Waals surface area (Å²) >= 11 is 3.17. The summed E-state index contributed by atoms with van der Waals surface area (Å²) < 4.78 is 41.3. The van der Waals surface area contributed by atoms with Crippen molar-refractivity contribution >= 4 is 27.4 Å². The molecule has 10 heteroatoms. The third-order valence-electron chi connectivity index (χ3n) is 4.90. The van der Waals surface area contributed by atoms with Crippen LogP contribution in [0, 0.1) is 5.92 Å². The molecule has 142 valence electrons. The van der Waals surface area contributed by atoms with Gasteiger partial charge in [0.25, 0.3) is 0 Å². The molecule has 1 aliphatic carbocycles. The van der Waals surface area contributed by atoms with Crippen molar-refractivity contribution in [2.24, 2.45) is 5.92 Å². The van der Waals surface area contributed by atoms with Crippen molar-refractivity contribution in [3.8, 4) is 0 Å². The van der Waals surface area contributed by atoms with Gasteiger partial charge in [-0.25, -0.2) is 4.98 Å². The summed E-state index contributed by atoms with van der Waals surface area (Å²) in [6.07, 6.45) is -2.20. The van der Waals surface area contributed by atoms with Crippen molar-refractivity contribution in [3.63, 3.8) is 0 Å². The molecule has 2 atom stereocenters. The molecule has 6 nitrogen and oxygen atoms in total. The molecule has 0 aliphatic heterocycles. The van der Waals surface area contributed by atoms with Crippen LogP contribution in [0.1, 0.15) is 17.8 Å². The highest BCUT2D eigenvalue weighted by Gasteiger charge is 2.55. The van der Waals surface area contributed by atoms with Crippen LogP contribution in [-0.4, -0.2) is 37.8 Å². The zero-order chi connectivity index (χ0) is 19.2. The summed E-state index contributed by atoms with van der Waals surface area (Å²) in [6, 6.07) is 7.88. The van der Waals surface area contributed by atoms with Crippen molar-refractivity contribution in [1.29, 1.82) is 0 Å². The first kappa shape index (κ1) is 18.2. The quantitative estimate of drug-likeness (QED) is 0.635. The highest BCUT2D eigenvalue weighted by atomic mass is 79.9. The second kappa shape index (κ2) is 6.45. The molecule has 0 amide bonds. The van der Waals surface area contributed by atoms with Crippen LogP contribution < -0.4 is 5.32 Å². The van der Waals surface area contributed by atoms with Crippen LogP contribution in [0.3, 0.4) is 0 Å². The second-order valence-corrected chi connectivity index (χ2v) is 7.38. The predicted molar refractivity (Wildman–Crippen MR) is 95.3 cm³/mol. The van der Waals surface area contributed by atoms with Gasteiger partial charge in [-0.05, 0) is 40.4 Å². The highest BCUT2D eigenvalue weighted by Crippen LogP contribution is 2.53. The van der Waals surface area contributed by atoms with E-state index in [0.29, 0.717) is 17.6 Å². The number of pyridine rings is 1. The van der Waals surface area contributed by atoms with Gasteiger partial charge in [-0.1, -0.05) is 6.07 Å². The van der Waals surface area contributed by atoms with Gasteiger partial charge in [-0.2, -0.15) is 22.8 Å². The smallest absolute Gasteiger partial charge is 0.396 e. The summed E-state index contributed by atoms with van der Waals surface area (Å²) in [4.78, 5) is 8.00. The molecular formula is C17H15BrF3N5O. The van der Waals surface area contributed by atoms with Crippen molar-refractivity contribution in [2.45, 2.75) is 18.0 Å². The van der Waals surface area contributed by atoms with E-state index in [1.165, 1.54) is 10.6 Å². The topological polar surface area (TPSA) is 75.3 Å². The largest absolute Gasteiger partial charge is 0.433 e. The van der Waals surface area contributed by atoms with E-state index in [2.05, 4.69) is 36.3 Å². The first-order valence-electron chi connectivity index (χ1n) is 8.23. The molecule has 2 N–H and O–H groups in total. The Labute approximate surface area is 160 Å². The Kier molecular flexibility index (Phi) is 4.34. The number of aliphatic hydroxyl groups is 1. The van der Waals surface area contributed by atoms with Crippen LogP contribution in [0.15, 0.2) is 41.1 Å². The predicted octanol–water partition coefficient (Wildman–Crippen LogP) is 3.27. The number of aliphatic hydroxyl groups excluding tert-OH is 1. The van der Waals surface area contributed by atoms with E-state index in [1.807, 2.05) is 12.1 Å². The van der Waals surface area contributed by atoms with Crippen molar-refractivity contribution in [2.75, 3.05) is 18.5 Å². The molecule has 0 unspecified atom stereocenters. The molecule has 1 fully saturated rings. The molecular weight excluding hydrogens is 427 g/mol. The monoisotopic (exact) mass is 441 g/mol. The molecule has 3 heterocycles. The summed E-state index contributed by atoms with van der Waals surface area (Å²) in [7, 11) is 0. The van der Waals surface area contributed by atoms with Crippen molar-refractivity contribution < 1.29 is 18.3 Å². The lowest BCUT2D eigenvalue weighted by atomic mass is 9.98. The van der Waals surface area contributed by atoms with Gasteiger partial charge in [0.15, 0.2) is 11.3 Å². The number of fused-ring (bicyclic) bond motifs is 1. The number of hydrogen-bond donors (Lipinski definition) is 2. The number of anilines is 1. The number of nitrogens with zero attached hydrogens (tertiary/aromatic N) is 4. The summed E-state index contributed by atoms with van der Waals surface area (Å²) in [5, 5.41) is 16.8. The average Bonchev–Trinajstić information content (AvgIpc) is 3.24. The van der Waals surface area contributed by atoms with Crippen LogP contribution in [-0.2, 0) is 11.6 Å². The van der Waals surface area contributed by atoms with Gasteiger partial charge >= 0.3 is 6.18 Å². The molecule has 3 aromatic heterocycles. The fourth-order valence-corrected chi connectivity index (χ4v) is 3.73. The summed E-state index contributed by atoms with van der Waals surface area (Å²) in [5.74, 6) is 0.181. The SMILES string of the molecule is OC[C@@H]1C[C@@]1(CNc1cc(C(F)(F)F)nc2cc(Br)nn12)c1ccccn1. The van der Waals surface area contributed by atoms with Gasteiger partial charge in [-0.15, -0.1) is 0 Å². The highest BCUT2D eigenvalue weighted by molar-refractivity contribution is 9.10. The second-order valence-electron chi connectivity index (χ2n) is 6.57. The van der Waals surface area contributed by atoms with Crippen LogP contribution in [0.4, 0.5) is 19.0 Å². The van der Waals surface area contributed by atoms with E-state index >= 15 is 0 Å². The number of rotatable bonds is 5. The molecule has 0 aromatic carbocycles. The maximum Gasteiger partial charge on any atom is 0.433 e. The molecule has 4 rings (SSSR count). The van der Waals surface area contributed by atoms with E-state index in [0.717, 1.165) is 11.8 Å². The Morgan fingerprint density at radius 3 is 2.78 bits per heavy atom. The molecule has 3 aromatic rings. The van der Waals surface area contributed by atoms with Crippen molar-refractivity contribution in [1.82, 2.24) is 19.6 Å². The third-order valence-corrected chi connectivity index (χ3v) is 5.29. The van der Waals surface area contributed by atoms with Crippen LogP contribution >= 0.6 is 15.9 Å². The lowest BCUT2D eigenvalue weighted by molar-refractivity contribution is -0.141. The van der Waals surface area contributed by atoms with Gasteiger partial charge in [-0.3, -0.25) is 4.98 Å². The lowest BCUT2D eigenvalue weighted by Crippen LogP contribution is -2.25. The Bertz CT molecular complexity index is 978. The van der Waals surface area contributed by atoms with Crippen LogP contribution in [0.2, 0.25) is 0 Å². The molecule has 1 saturated carbocycles. The van der Waals surface area contributed by atoms with Crippen LogP contribution in [0.25, 0.3) is 5.65 Å². The fourth-order valence-electron chi connectivity index (χ4n) is 3.36. The normalized spacial score (nSPS) is 22.2. The molecule has 0 bridgehead atoms. The number of nitrogens with one attached hydrogen (secondary N) is 1. The van der Waals surface area contributed by atoms with E-state index in [9.17, 15) is 18.3 Å². The zero-order valence-corrected chi connectivity index (χ0v) is 15.5. The standard InChI is InChI=1S/C17H15BrF3N5O/c18-13-6-15-24-12(17(19,20)21)5-14(26(15)25-13)23-9-16(7-10(16)8-27)11-3-1-2-4-22-11/h1-6,10,23,27H,7-9H2/t10-,16-/m0/s1. The first-order valence-corrected chi connectivity index (χ1v) is 9.02. The van der Waals surface area contributed by atoms with Gasteiger partial charge in [0.05, 0.1) is 0 Å². The van der Waals surface area contributed by atoms with E-state index < -0.39 is 17.3 Å². The minimum absolute atomic E-state index is 0.00340.